The van der Waals surface area contributed by atoms with Crippen LogP contribution < -0.4 is 10.5 Å². The maximum absolute atomic E-state index is 12.6. The summed E-state index contributed by atoms with van der Waals surface area (Å²) in [6.45, 7) is 3.41. The first kappa shape index (κ1) is 16.7. The predicted octanol–water partition coefficient (Wildman–Crippen LogP) is 1.23. The van der Waals surface area contributed by atoms with Gasteiger partial charge in [-0.25, -0.2) is 4.98 Å². The zero-order valence-electron chi connectivity index (χ0n) is 14.6. The second kappa shape index (κ2) is 6.51. The van der Waals surface area contributed by atoms with E-state index < -0.39 is 0 Å². The number of nitrogens with one attached hydrogen (secondary N) is 1. The largest absolute Gasteiger partial charge is 0.466 e. The molecule has 136 valence electrons. The van der Waals surface area contributed by atoms with E-state index in [0.29, 0.717) is 67.9 Å². The van der Waals surface area contributed by atoms with Gasteiger partial charge in [0.2, 0.25) is 5.95 Å². The summed E-state index contributed by atoms with van der Waals surface area (Å²) in [6.07, 6.45) is 3.82. The Labute approximate surface area is 149 Å². The summed E-state index contributed by atoms with van der Waals surface area (Å²) in [7, 11) is 0. The lowest BCUT2D eigenvalue weighted by Crippen LogP contribution is -2.38. The Balaban J connectivity index is 1.60. The van der Waals surface area contributed by atoms with Crippen molar-refractivity contribution in [1.29, 1.82) is 0 Å². The van der Waals surface area contributed by atoms with Crippen LogP contribution in [0.1, 0.15) is 42.1 Å². The molecule has 0 atom stereocenters. The van der Waals surface area contributed by atoms with Gasteiger partial charge in [0, 0.05) is 31.3 Å². The number of ether oxygens (including phenoxy) is 1. The third-order valence-electron chi connectivity index (χ3n) is 5.15. The number of piperidine rings is 1. The average Bonchev–Trinajstić information content (AvgIpc) is 3.03. The van der Waals surface area contributed by atoms with E-state index >= 15 is 0 Å². The lowest BCUT2D eigenvalue weighted by molar-refractivity contribution is -0.148. The highest BCUT2D eigenvalue weighted by Gasteiger charge is 2.28. The highest BCUT2D eigenvalue weighted by atomic mass is 16.5. The minimum Gasteiger partial charge on any atom is -0.466 e. The first-order valence-corrected chi connectivity index (χ1v) is 8.95. The number of rotatable bonds is 3. The molecule has 3 heterocycles. The molecule has 1 aliphatic carbocycles. The molecule has 1 saturated heterocycles. The second-order valence-corrected chi connectivity index (χ2v) is 6.68. The summed E-state index contributed by atoms with van der Waals surface area (Å²) < 4.78 is 5.08. The number of Topliss-reactive ketones (excluding diaryl/α,β-unsaturated/α-hetero) is 1. The Morgan fingerprint density at radius 1 is 1.31 bits per heavy atom. The van der Waals surface area contributed by atoms with Gasteiger partial charge in [0.15, 0.2) is 11.4 Å². The summed E-state index contributed by atoms with van der Waals surface area (Å²) in [4.78, 5) is 49.8. The highest BCUT2D eigenvalue weighted by molar-refractivity contribution is 6.04. The Morgan fingerprint density at radius 2 is 2.08 bits per heavy atom. The molecule has 0 bridgehead atoms. The van der Waals surface area contributed by atoms with Crippen molar-refractivity contribution in [1.82, 2.24) is 15.0 Å². The van der Waals surface area contributed by atoms with Gasteiger partial charge in [0.1, 0.15) is 0 Å². The van der Waals surface area contributed by atoms with E-state index in [9.17, 15) is 14.4 Å². The van der Waals surface area contributed by atoms with Crippen LogP contribution in [0.2, 0.25) is 0 Å². The van der Waals surface area contributed by atoms with Gasteiger partial charge in [0.05, 0.1) is 17.9 Å². The Hall–Kier alpha value is -2.77. The van der Waals surface area contributed by atoms with Crippen LogP contribution in [0.25, 0.3) is 11.0 Å². The molecule has 0 aromatic carbocycles. The van der Waals surface area contributed by atoms with Crippen LogP contribution in [0.15, 0.2) is 11.0 Å². The molecule has 0 saturated carbocycles. The topological polar surface area (TPSA) is 105 Å². The van der Waals surface area contributed by atoms with Gasteiger partial charge in [-0.15, -0.1) is 0 Å². The SMILES string of the molecule is CCOC(=O)C1CCN(c2nc3ncc4c(c3c(=O)[nH]2)CCC4=O)CC1. The van der Waals surface area contributed by atoms with Crippen LogP contribution in [0.4, 0.5) is 5.95 Å². The number of fused-ring (bicyclic) bond motifs is 3. The zero-order chi connectivity index (χ0) is 18.3. The first-order chi connectivity index (χ1) is 12.6. The summed E-state index contributed by atoms with van der Waals surface area (Å²) >= 11 is 0. The number of pyridine rings is 1. The minimum atomic E-state index is -0.267. The number of anilines is 1. The predicted molar refractivity (Wildman–Crippen MR) is 94.4 cm³/mol. The molecule has 0 unspecified atom stereocenters. The van der Waals surface area contributed by atoms with Gasteiger partial charge in [0.25, 0.3) is 5.56 Å². The number of esters is 1. The van der Waals surface area contributed by atoms with Crippen LogP contribution in [0.5, 0.6) is 0 Å². The summed E-state index contributed by atoms with van der Waals surface area (Å²) in [5, 5.41) is 0.415. The van der Waals surface area contributed by atoms with Crippen molar-refractivity contribution in [3.63, 3.8) is 0 Å². The van der Waals surface area contributed by atoms with Gasteiger partial charge in [-0.3, -0.25) is 19.4 Å². The normalized spacial score (nSPS) is 17.6. The standard InChI is InChI=1S/C18H20N4O4/c1-2-26-17(25)10-5-7-22(8-6-10)18-20-15-14(16(24)21-18)11-3-4-13(23)12(11)9-19-15/h9-10H,2-8H2,1H3,(H,19,20,21,24). The van der Waals surface area contributed by atoms with Crippen molar-refractivity contribution < 1.29 is 14.3 Å². The quantitative estimate of drug-likeness (QED) is 0.825. The molecule has 8 nitrogen and oxygen atoms in total. The summed E-state index contributed by atoms with van der Waals surface area (Å²) in [5.74, 6) is 0.222. The molecule has 2 aromatic heterocycles. The second-order valence-electron chi connectivity index (χ2n) is 6.68. The number of ketones is 1. The molecule has 1 N–H and O–H groups in total. The van der Waals surface area contributed by atoms with Gasteiger partial charge in [-0.1, -0.05) is 0 Å². The molecule has 26 heavy (non-hydrogen) atoms. The molecule has 0 amide bonds. The lowest BCUT2D eigenvalue weighted by Gasteiger charge is -2.31. The molecule has 2 aromatic rings. The Morgan fingerprint density at radius 3 is 2.81 bits per heavy atom. The number of aromatic nitrogens is 3. The van der Waals surface area contributed by atoms with Crippen LogP contribution >= 0.6 is 0 Å². The van der Waals surface area contributed by atoms with Gasteiger partial charge in [-0.05, 0) is 31.7 Å². The average molecular weight is 356 g/mol. The van der Waals surface area contributed by atoms with Gasteiger partial charge in [-0.2, -0.15) is 4.98 Å². The van der Waals surface area contributed by atoms with Crippen LogP contribution in [-0.4, -0.2) is 46.4 Å². The third kappa shape index (κ3) is 2.75. The van der Waals surface area contributed by atoms with E-state index in [1.54, 1.807) is 6.92 Å². The van der Waals surface area contributed by atoms with Crippen molar-refractivity contribution in [3.05, 3.63) is 27.7 Å². The van der Waals surface area contributed by atoms with E-state index in [1.165, 1.54) is 6.20 Å². The van der Waals surface area contributed by atoms with Gasteiger partial charge < -0.3 is 9.64 Å². The molecular formula is C18H20N4O4. The number of hydrogen-bond donors (Lipinski definition) is 1. The smallest absolute Gasteiger partial charge is 0.309 e. The van der Waals surface area contributed by atoms with Crippen LogP contribution in [-0.2, 0) is 16.0 Å². The minimum absolute atomic E-state index is 0.0268. The number of nitrogens with zero attached hydrogens (tertiary/aromatic N) is 3. The van der Waals surface area contributed by atoms with Crippen LogP contribution in [0, 0.1) is 5.92 Å². The monoisotopic (exact) mass is 356 g/mol. The van der Waals surface area contributed by atoms with Crippen LogP contribution in [0.3, 0.4) is 0 Å². The maximum atomic E-state index is 12.6. The molecule has 1 aliphatic heterocycles. The fourth-order valence-corrected chi connectivity index (χ4v) is 3.76. The third-order valence-corrected chi connectivity index (χ3v) is 5.15. The molecule has 0 radical (unpaired) electrons. The van der Waals surface area contributed by atoms with E-state index in [4.69, 9.17) is 4.74 Å². The first-order valence-electron chi connectivity index (χ1n) is 8.95. The van der Waals surface area contributed by atoms with Crippen molar-refractivity contribution in [2.75, 3.05) is 24.6 Å². The Kier molecular flexibility index (Phi) is 4.18. The lowest BCUT2D eigenvalue weighted by atomic mass is 9.97. The molecular weight excluding hydrogens is 336 g/mol. The zero-order valence-corrected chi connectivity index (χ0v) is 14.6. The van der Waals surface area contributed by atoms with Gasteiger partial charge >= 0.3 is 5.97 Å². The number of H-pyrrole nitrogens is 1. The van der Waals surface area contributed by atoms with E-state index in [2.05, 4.69) is 15.0 Å². The number of carbonyl (C=O) groups excluding carboxylic acids is 2. The fraction of sp³-hybridized carbons (Fsp3) is 0.500. The Bertz CT molecular complexity index is 944. The fourth-order valence-electron chi connectivity index (χ4n) is 3.76. The van der Waals surface area contributed by atoms with Crippen molar-refractivity contribution >= 4 is 28.7 Å². The van der Waals surface area contributed by atoms with E-state index in [1.807, 2.05) is 4.90 Å². The van der Waals surface area contributed by atoms with Crippen molar-refractivity contribution in [3.8, 4) is 0 Å². The molecule has 2 aliphatic rings. The summed E-state index contributed by atoms with van der Waals surface area (Å²) in [6, 6.07) is 0. The summed E-state index contributed by atoms with van der Waals surface area (Å²) in [5.41, 5.74) is 1.38. The number of aryl methyl sites for hydroxylation is 1. The van der Waals surface area contributed by atoms with E-state index in [-0.39, 0.29) is 23.2 Å². The maximum Gasteiger partial charge on any atom is 0.309 e. The highest BCUT2D eigenvalue weighted by Crippen LogP contribution is 2.27. The van der Waals surface area contributed by atoms with E-state index in [0.717, 1.165) is 5.56 Å². The molecule has 0 spiro atoms. The molecule has 4 rings (SSSR count). The van der Waals surface area contributed by atoms with Crippen molar-refractivity contribution in [2.45, 2.75) is 32.6 Å². The number of hydrogen-bond acceptors (Lipinski definition) is 7. The van der Waals surface area contributed by atoms with Crippen molar-refractivity contribution in [2.24, 2.45) is 5.92 Å². The molecule has 1 fully saturated rings. The number of carbonyl (C=O) groups is 2. The number of aromatic amines is 1. The molecule has 8 heteroatoms.